The third-order valence-electron chi connectivity index (χ3n) is 3.63. The van der Waals surface area contributed by atoms with Gasteiger partial charge in [-0.1, -0.05) is 11.6 Å². The van der Waals surface area contributed by atoms with Gasteiger partial charge in [0.1, 0.15) is 10.8 Å². The summed E-state index contributed by atoms with van der Waals surface area (Å²) in [6.45, 7) is 0. The summed E-state index contributed by atoms with van der Waals surface area (Å²) in [4.78, 5) is 4.35. The number of halogens is 1. The molecule has 3 aromatic heterocycles. The lowest BCUT2D eigenvalue weighted by atomic mass is 9.80. The van der Waals surface area contributed by atoms with Crippen LogP contribution in [0.2, 0.25) is 4.34 Å². The van der Waals surface area contributed by atoms with E-state index in [9.17, 15) is 0 Å². The zero-order valence-electron chi connectivity index (χ0n) is 10.9. The van der Waals surface area contributed by atoms with E-state index in [1.54, 1.807) is 17.5 Å². The molecular weight excluding hydrogens is 326 g/mol. The minimum Gasteiger partial charge on any atom is -0.328 e. The van der Waals surface area contributed by atoms with Crippen LogP contribution in [0.15, 0.2) is 23.7 Å². The van der Waals surface area contributed by atoms with Crippen LogP contribution in [0.3, 0.4) is 0 Å². The Bertz CT molecular complexity index is 757. The molecule has 5 nitrogen and oxygen atoms in total. The van der Waals surface area contributed by atoms with E-state index in [0.717, 1.165) is 38.8 Å². The molecule has 3 heterocycles. The highest BCUT2D eigenvalue weighted by atomic mass is 35.5. The van der Waals surface area contributed by atoms with E-state index < -0.39 is 0 Å². The average Bonchev–Trinajstić information content (AvgIpc) is 3.13. The highest BCUT2D eigenvalue weighted by Gasteiger charge is 2.33. The summed E-state index contributed by atoms with van der Waals surface area (Å²) in [5.41, 5.74) is 5.91. The van der Waals surface area contributed by atoms with Crippen LogP contribution >= 0.6 is 34.3 Å². The largest absolute Gasteiger partial charge is 0.328 e. The average molecular weight is 338 g/mol. The van der Waals surface area contributed by atoms with Crippen LogP contribution in [0.5, 0.6) is 0 Å². The maximum absolute atomic E-state index is 6.09. The second-order valence-corrected chi connectivity index (χ2v) is 7.65. The first kappa shape index (κ1) is 13.4. The Kier molecular flexibility index (Phi) is 3.30. The molecule has 4 rings (SSSR count). The third-order valence-corrected chi connectivity index (χ3v) is 5.62. The van der Waals surface area contributed by atoms with Gasteiger partial charge in [0, 0.05) is 23.5 Å². The number of nitrogens with two attached hydrogens (primary N) is 1. The van der Waals surface area contributed by atoms with E-state index in [4.69, 9.17) is 17.3 Å². The van der Waals surface area contributed by atoms with E-state index in [1.807, 2.05) is 17.5 Å². The Morgan fingerprint density at radius 1 is 1.29 bits per heavy atom. The molecule has 2 N–H and O–H groups in total. The van der Waals surface area contributed by atoms with Crippen molar-refractivity contribution in [3.63, 3.8) is 0 Å². The number of hydrogen-bond acceptors (Lipinski definition) is 6. The molecule has 8 heteroatoms. The van der Waals surface area contributed by atoms with Crippen LogP contribution in [0.4, 0.5) is 0 Å². The van der Waals surface area contributed by atoms with E-state index in [1.165, 1.54) is 11.3 Å². The first-order valence-electron chi connectivity index (χ1n) is 6.59. The van der Waals surface area contributed by atoms with Crippen molar-refractivity contribution in [2.24, 2.45) is 5.73 Å². The topological polar surface area (TPSA) is 69.6 Å². The minimum absolute atomic E-state index is 0.274. The molecule has 3 aromatic rings. The number of rotatable bonds is 3. The van der Waals surface area contributed by atoms with Crippen LogP contribution in [-0.2, 0) is 0 Å². The molecule has 21 heavy (non-hydrogen) atoms. The summed E-state index contributed by atoms with van der Waals surface area (Å²) in [7, 11) is 0. The van der Waals surface area contributed by atoms with Gasteiger partial charge < -0.3 is 5.73 Å². The van der Waals surface area contributed by atoms with Gasteiger partial charge in [-0.15, -0.1) is 32.9 Å². The summed E-state index contributed by atoms with van der Waals surface area (Å²) in [6, 6.07) is 4.16. The van der Waals surface area contributed by atoms with Crippen molar-refractivity contribution in [3.05, 3.63) is 33.9 Å². The van der Waals surface area contributed by atoms with Gasteiger partial charge in [-0.25, -0.2) is 4.98 Å². The summed E-state index contributed by atoms with van der Waals surface area (Å²) in [6.07, 6.45) is 3.68. The lowest BCUT2D eigenvalue weighted by Crippen LogP contribution is -2.36. The molecule has 0 bridgehead atoms. The third kappa shape index (κ3) is 2.30. The fourth-order valence-corrected chi connectivity index (χ4v) is 4.20. The van der Waals surface area contributed by atoms with Crippen molar-refractivity contribution in [1.29, 1.82) is 0 Å². The van der Waals surface area contributed by atoms with Crippen molar-refractivity contribution in [1.82, 2.24) is 19.7 Å². The second kappa shape index (κ2) is 5.17. The Hall–Kier alpha value is -1.28. The first-order valence-corrected chi connectivity index (χ1v) is 8.66. The monoisotopic (exact) mass is 337 g/mol. The van der Waals surface area contributed by atoms with Gasteiger partial charge in [-0.3, -0.25) is 4.57 Å². The SMILES string of the molecule is NC1CC(c2nnc(-c3nccs3)n2-c2ccc(Cl)s2)C1. The number of aromatic nitrogens is 4. The molecule has 0 atom stereocenters. The number of nitrogens with zero attached hydrogens (tertiary/aromatic N) is 4. The van der Waals surface area contributed by atoms with E-state index in [2.05, 4.69) is 19.7 Å². The molecule has 108 valence electrons. The molecule has 0 amide bonds. The standard InChI is InChI=1S/C13H12ClN5S2/c14-9-1-2-10(21-9)19-11(7-5-8(15)6-7)17-18-12(19)13-16-3-4-20-13/h1-4,7-8H,5-6,15H2. The Morgan fingerprint density at radius 2 is 2.14 bits per heavy atom. The van der Waals surface area contributed by atoms with Crippen LogP contribution in [0, 0.1) is 0 Å². The number of thiazole rings is 1. The first-order chi connectivity index (χ1) is 10.2. The number of hydrogen-bond donors (Lipinski definition) is 1. The fraction of sp³-hybridized carbons (Fsp3) is 0.308. The van der Waals surface area contributed by atoms with E-state index in [-0.39, 0.29) is 6.04 Å². The molecule has 0 aromatic carbocycles. The molecular formula is C13H12ClN5S2. The highest BCUT2D eigenvalue weighted by molar-refractivity contribution is 7.18. The van der Waals surface area contributed by atoms with Crippen LogP contribution in [0.25, 0.3) is 15.8 Å². The van der Waals surface area contributed by atoms with Crippen molar-refractivity contribution >= 4 is 34.3 Å². The summed E-state index contributed by atoms with van der Waals surface area (Å²) in [5.74, 6) is 2.10. The molecule has 1 saturated carbocycles. The normalized spacial score (nSPS) is 21.4. The van der Waals surface area contributed by atoms with Crippen molar-refractivity contribution in [2.45, 2.75) is 24.8 Å². The highest BCUT2D eigenvalue weighted by Crippen LogP contribution is 2.39. The Labute approximate surface area is 134 Å². The smallest absolute Gasteiger partial charge is 0.198 e. The van der Waals surface area contributed by atoms with Crippen molar-refractivity contribution in [3.8, 4) is 15.8 Å². The van der Waals surface area contributed by atoms with Crippen molar-refractivity contribution < 1.29 is 0 Å². The molecule has 1 aliphatic carbocycles. The summed E-state index contributed by atoms with van der Waals surface area (Å²) < 4.78 is 2.83. The predicted octanol–water partition coefficient (Wildman–Crippen LogP) is 3.31. The molecule has 0 saturated heterocycles. The maximum Gasteiger partial charge on any atom is 0.198 e. The van der Waals surface area contributed by atoms with Crippen LogP contribution < -0.4 is 5.73 Å². The molecule has 0 radical (unpaired) electrons. The maximum atomic E-state index is 6.09. The van der Waals surface area contributed by atoms with Crippen molar-refractivity contribution in [2.75, 3.05) is 0 Å². The molecule has 0 spiro atoms. The molecule has 1 fully saturated rings. The lowest BCUT2D eigenvalue weighted by molar-refractivity contribution is 0.335. The molecule has 0 unspecified atom stereocenters. The Balaban J connectivity index is 1.85. The van der Waals surface area contributed by atoms with Gasteiger partial charge in [0.05, 0.1) is 4.34 Å². The Morgan fingerprint density at radius 3 is 2.76 bits per heavy atom. The van der Waals surface area contributed by atoms with Gasteiger partial charge in [0.2, 0.25) is 0 Å². The second-order valence-electron chi connectivity index (χ2n) is 5.06. The molecule has 0 aliphatic heterocycles. The fourth-order valence-electron chi connectivity index (χ4n) is 2.55. The minimum atomic E-state index is 0.274. The van der Waals surface area contributed by atoms with E-state index in [0.29, 0.717) is 5.92 Å². The van der Waals surface area contributed by atoms with E-state index >= 15 is 0 Å². The lowest BCUT2D eigenvalue weighted by Gasteiger charge is -2.31. The van der Waals surface area contributed by atoms with Crippen LogP contribution in [0.1, 0.15) is 24.6 Å². The van der Waals surface area contributed by atoms with Gasteiger partial charge in [0.25, 0.3) is 0 Å². The van der Waals surface area contributed by atoms with Gasteiger partial charge in [0.15, 0.2) is 10.8 Å². The van der Waals surface area contributed by atoms with Crippen LogP contribution in [-0.4, -0.2) is 25.8 Å². The zero-order valence-corrected chi connectivity index (χ0v) is 13.3. The quantitative estimate of drug-likeness (QED) is 0.796. The zero-order chi connectivity index (χ0) is 14.4. The van der Waals surface area contributed by atoms with Gasteiger partial charge in [-0.2, -0.15) is 0 Å². The van der Waals surface area contributed by atoms with Gasteiger partial charge in [-0.05, 0) is 25.0 Å². The van der Waals surface area contributed by atoms with Gasteiger partial charge >= 0.3 is 0 Å². The number of thiophene rings is 1. The predicted molar refractivity (Wildman–Crippen MR) is 85.3 cm³/mol. The summed E-state index contributed by atoms with van der Waals surface area (Å²) in [5, 5.41) is 12.6. The summed E-state index contributed by atoms with van der Waals surface area (Å²) >= 11 is 9.16. The molecule has 1 aliphatic rings.